The van der Waals surface area contributed by atoms with Crippen molar-refractivity contribution in [2.24, 2.45) is 28.6 Å². The number of carbonyl (C=O) groups excluding carboxylic acids is 1. The summed E-state index contributed by atoms with van der Waals surface area (Å²) in [5.41, 5.74) is 4.45. The first kappa shape index (κ1) is 37.8. The van der Waals surface area contributed by atoms with Crippen molar-refractivity contribution in [3.63, 3.8) is 0 Å². The second-order valence-corrected chi connectivity index (χ2v) is 21.2. The largest absolute Gasteiger partial charge is 0.412 e. The summed E-state index contributed by atoms with van der Waals surface area (Å²) in [6, 6.07) is 0. The van der Waals surface area contributed by atoms with Crippen molar-refractivity contribution in [3.8, 4) is 0 Å². The number of amides is 1. The quantitative estimate of drug-likeness (QED) is 0.105. The zero-order chi connectivity index (χ0) is 32.7. The summed E-state index contributed by atoms with van der Waals surface area (Å²) in [4.78, 5) is 15.2. The molecule has 3 aliphatic carbocycles. The average Bonchev–Trinajstić information content (AvgIpc) is 2.91. The molecular formula is C39H73N2O2Si. The van der Waals surface area contributed by atoms with E-state index in [0.29, 0.717) is 35.3 Å². The van der Waals surface area contributed by atoms with E-state index in [1.807, 2.05) is 0 Å². The number of fused-ring (bicyclic) bond motifs is 3. The molecule has 1 N–H and O–H groups in total. The smallest absolute Gasteiger partial charge is 0.220 e. The number of allylic oxidation sites excluding steroid dienone is 2. The summed E-state index contributed by atoms with van der Waals surface area (Å²) >= 11 is 0. The zero-order valence-corrected chi connectivity index (χ0v) is 32.2. The van der Waals surface area contributed by atoms with Crippen molar-refractivity contribution in [1.82, 2.24) is 10.2 Å². The molecule has 0 saturated heterocycles. The molecule has 0 aliphatic heterocycles. The standard InChI is InChI=1S/C39H73N2O2Si/c1-29(2)44(37(4,5)6)43-35-25-26-39(9)33-22-19-30(3)31(32(33)20-23-34(39)38(35,7)8)21-24-36(42)40-27-17-15-13-12-14-16-18-28-41(10)11/h29,32-35H,12-28H2,1-11H3,(H,40,42)/t32?,33-,34?,35?,39+/m0/s1. The molecule has 5 atom stereocenters. The number of nitrogens with zero attached hydrogens (tertiary/aromatic N) is 1. The van der Waals surface area contributed by atoms with Crippen LogP contribution in [0.1, 0.15) is 159 Å². The van der Waals surface area contributed by atoms with Gasteiger partial charge in [0.1, 0.15) is 0 Å². The van der Waals surface area contributed by atoms with Gasteiger partial charge in [0.25, 0.3) is 0 Å². The molecule has 0 heterocycles. The Morgan fingerprint density at radius 1 is 0.977 bits per heavy atom. The van der Waals surface area contributed by atoms with Crippen LogP contribution in [0.3, 0.4) is 0 Å². The van der Waals surface area contributed by atoms with E-state index in [4.69, 9.17) is 4.43 Å². The predicted molar refractivity (Wildman–Crippen MR) is 191 cm³/mol. The van der Waals surface area contributed by atoms with Gasteiger partial charge in [-0.3, -0.25) is 4.79 Å². The molecule has 0 aromatic carbocycles. The summed E-state index contributed by atoms with van der Waals surface area (Å²) in [7, 11) is 3.39. The third-order valence-electron chi connectivity index (χ3n) is 12.2. The molecule has 0 aromatic heterocycles. The first-order valence-corrected chi connectivity index (χ1v) is 20.2. The summed E-state index contributed by atoms with van der Waals surface area (Å²) < 4.78 is 7.19. The SMILES string of the molecule is CC1=C(CCC(=O)NCCCCCCCCCN(C)C)C2CCC3C(C)(C)C(O[Si](C(C)C)C(C)(C)C)CC[C@]3(C)[C@H]2CC1. The molecule has 1 amide bonds. The minimum absolute atomic E-state index is 0.205. The molecule has 3 aliphatic rings. The Bertz CT molecular complexity index is 935. The van der Waals surface area contributed by atoms with Gasteiger partial charge in [0, 0.05) is 13.0 Å². The van der Waals surface area contributed by atoms with Crippen molar-refractivity contribution in [2.75, 3.05) is 27.2 Å². The summed E-state index contributed by atoms with van der Waals surface area (Å²) in [6.07, 6.45) is 18.7. The molecule has 255 valence electrons. The fourth-order valence-electron chi connectivity index (χ4n) is 9.96. The molecule has 2 fully saturated rings. The molecule has 0 spiro atoms. The van der Waals surface area contributed by atoms with E-state index in [1.165, 1.54) is 83.6 Å². The molecule has 4 nitrogen and oxygen atoms in total. The van der Waals surface area contributed by atoms with E-state index >= 15 is 0 Å². The van der Waals surface area contributed by atoms with Crippen LogP contribution in [0.5, 0.6) is 0 Å². The first-order valence-electron chi connectivity index (χ1n) is 18.7. The highest BCUT2D eigenvalue weighted by molar-refractivity contribution is 6.56. The lowest BCUT2D eigenvalue weighted by atomic mass is 9.43. The average molecular weight is 630 g/mol. The van der Waals surface area contributed by atoms with Crippen molar-refractivity contribution >= 4 is 14.9 Å². The van der Waals surface area contributed by atoms with Crippen LogP contribution in [0.2, 0.25) is 10.6 Å². The minimum Gasteiger partial charge on any atom is -0.412 e. The normalized spacial score (nSPS) is 28.9. The van der Waals surface area contributed by atoms with Crippen LogP contribution in [0, 0.1) is 28.6 Å². The number of hydrogen-bond acceptors (Lipinski definition) is 3. The molecule has 1 radical (unpaired) electrons. The molecule has 0 bridgehead atoms. The molecule has 2 saturated carbocycles. The van der Waals surface area contributed by atoms with Crippen LogP contribution in [-0.2, 0) is 9.22 Å². The van der Waals surface area contributed by atoms with Crippen molar-refractivity contribution in [1.29, 1.82) is 0 Å². The Morgan fingerprint density at radius 3 is 2.23 bits per heavy atom. The third kappa shape index (κ3) is 9.69. The summed E-state index contributed by atoms with van der Waals surface area (Å²) in [6.45, 7) is 24.1. The van der Waals surface area contributed by atoms with E-state index in [-0.39, 0.29) is 16.4 Å². The van der Waals surface area contributed by atoms with Gasteiger partial charge in [-0.25, -0.2) is 0 Å². The number of hydrogen-bond donors (Lipinski definition) is 1. The summed E-state index contributed by atoms with van der Waals surface area (Å²) in [5.74, 6) is 2.40. The van der Waals surface area contributed by atoms with Gasteiger partial charge in [-0.2, -0.15) is 0 Å². The van der Waals surface area contributed by atoms with Crippen LogP contribution in [0.4, 0.5) is 0 Å². The predicted octanol–water partition coefficient (Wildman–Crippen LogP) is 10.3. The maximum Gasteiger partial charge on any atom is 0.220 e. The maximum absolute atomic E-state index is 12.9. The van der Waals surface area contributed by atoms with Crippen molar-refractivity contribution in [3.05, 3.63) is 11.1 Å². The molecule has 3 rings (SSSR count). The molecule has 3 unspecified atom stereocenters. The number of nitrogens with one attached hydrogen (secondary N) is 1. The van der Waals surface area contributed by atoms with Gasteiger partial charge in [-0.15, -0.1) is 0 Å². The highest BCUT2D eigenvalue weighted by atomic mass is 28.3. The minimum atomic E-state index is -0.922. The second-order valence-electron chi connectivity index (χ2n) is 17.6. The van der Waals surface area contributed by atoms with Crippen LogP contribution in [0.25, 0.3) is 0 Å². The monoisotopic (exact) mass is 630 g/mol. The van der Waals surface area contributed by atoms with E-state index in [9.17, 15) is 4.79 Å². The van der Waals surface area contributed by atoms with E-state index < -0.39 is 9.04 Å². The van der Waals surface area contributed by atoms with Crippen molar-refractivity contribution < 1.29 is 9.22 Å². The lowest BCUT2D eigenvalue weighted by Crippen LogP contribution is -2.58. The number of rotatable bonds is 16. The Morgan fingerprint density at radius 2 is 1.61 bits per heavy atom. The molecule has 0 aromatic rings. The Hall–Kier alpha value is -0.653. The maximum atomic E-state index is 12.9. The van der Waals surface area contributed by atoms with Crippen LogP contribution >= 0.6 is 0 Å². The lowest BCUT2D eigenvalue weighted by Gasteiger charge is -2.63. The fraction of sp³-hybridized carbons (Fsp3) is 0.923. The zero-order valence-electron chi connectivity index (χ0n) is 31.2. The third-order valence-corrected chi connectivity index (χ3v) is 15.2. The lowest BCUT2D eigenvalue weighted by molar-refractivity contribution is -0.144. The summed E-state index contributed by atoms with van der Waals surface area (Å²) in [5, 5.41) is 3.51. The van der Waals surface area contributed by atoms with Gasteiger partial charge in [0.05, 0.1) is 6.10 Å². The van der Waals surface area contributed by atoms with Crippen LogP contribution in [0.15, 0.2) is 11.1 Å². The molecule has 5 heteroatoms. The van der Waals surface area contributed by atoms with Gasteiger partial charge in [0.2, 0.25) is 14.9 Å². The Balaban J connectivity index is 1.49. The number of unbranched alkanes of at least 4 members (excludes halogenated alkanes) is 6. The molecular weight excluding hydrogens is 557 g/mol. The van der Waals surface area contributed by atoms with Gasteiger partial charge >= 0.3 is 0 Å². The number of carbonyl (C=O) groups is 1. The second kappa shape index (κ2) is 16.4. The van der Waals surface area contributed by atoms with E-state index in [0.717, 1.165) is 25.3 Å². The molecule has 44 heavy (non-hydrogen) atoms. The van der Waals surface area contributed by atoms with Crippen LogP contribution in [-0.4, -0.2) is 53.1 Å². The van der Waals surface area contributed by atoms with Crippen LogP contribution < -0.4 is 5.32 Å². The highest BCUT2D eigenvalue weighted by Crippen LogP contribution is 2.65. The first-order chi connectivity index (χ1) is 20.6. The van der Waals surface area contributed by atoms with Gasteiger partial charge in [-0.05, 0) is 125 Å². The van der Waals surface area contributed by atoms with Gasteiger partial charge in [0.15, 0.2) is 0 Å². The van der Waals surface area contributed by atoms with Gasteiger partial charge < -0.3 is 14.6 Å². The Kier molecular flexibility index (Phi) is 14.1. The van der Waals surface area contributed by atoms with Gasteiger partial charge in [-0.1, -0.05) is 98.6 Å². The van der Waals surface area contributed by atoms with E-state index in [1.54, 1.807) is 11.1 Å². The van der Waals surface area contributed by atoms with E-state index in [2.05, 4.69) is 86.6 Å². The fourth-order valence-corrected chi connectivity index (χ4v) is 13.0. The van der Waals surface area contributed by atoms with Crippen molar-refractivity contribution in [2.45, 2.75) is 175 Å². The topological polar surface area (TPSA) is 41.6 Å². The Labute approximate surface area is 276 Å². The highest BCUT2D eigenvalue weighted by Gasteiger charge is 2.59.